The second-order valence-electron chi connectivity index (χ2n) is 3.56. The Hall–Kier alpha value is -1.66. The van der Waals surface area contributed by atoms with Crippen LogP contribution in [0.15, 0.2) is 12.3 Å². The average Bonchev–Trinajstić information content (AvgIpc) is 2.30. The average molecular weight is 256 g/mol. The Morgan fingerprint density at radius 2 is 2.35 bits per heavy atom. The largest absolute Gasteiger partial charge is 0.478 e. The minimum Gasteiger partial charge on any atom is -0.478 e. The molecule has 90 valence electrons. The highest BCUT2D eigenvalue weighted by Crippen LogP contribution is 2.24. The van der Waals surface area contributed by atoms with E-state index in [1.54, 1.807) is 0 Å². The zero-order valence-electron chi connectivity index (χ0n) is 8.81. The molecule has 7 heteroatoms. The number of pyridine rings is 1. The molecule has 0 aromatic carbocycles. The number of rotatable bonds is 2. The van der Waals surface area contributed by atoms with Gasteiger partial charge in [0.05, 0.1) is 17.1 Å². The molecule has 6 nitrogen and oxygen atoms in total. The molecule has 0 bridgehead atoms. The van der Waals surface area contributed by atoms with Crippen molar-refractivity contribution in [1.29, 1.82) is 0 Å². The Morgan fingerprint density at radius 1 is 1.59 bits per heavy atom. The molecule has 1 aliphatic rings. The number of carboxylic acids is 1. The second-order valence-corrected chi connectivity index (χ2v) is 3.96. The lowest BCUT2D eigenvalue weighted by Crippen LogP contribution is -2.48. The third-order valence-corrected chi connectivity index (χ3v) is 2.69. The van der Waals surface area contributed by atoms with Crippen molar-refractivity contribution in [2.24, 2.45) is 0 Å². The van der Waals surface area contributed by atoms with Crippen LogP contribution >= 0.6 is 11.6 Å². The monoisotopic (exact) mass is 255 g/mol. The number of hydrogen-bond acceptors (Lipinski definition) is 4. The van der Waals surface area contributed by atoms with Gasteiger partial charge in [-0.15, -0.1) is 0 Å². The van der Waals surface area contributed by atoms with Crippen LogP contribution in [0, 0.1) is 0 Å². The number of aromatic nitrogens is 1. The highest BCUT2D eigenvalue weighted by atomic mass is 35.5. The number of anilines is 1. The first-order valence-corrected chi connectivity index (χ1v) is 5.37. The van der Waals surface area contributed by atoms with Gasteiger partial charge in [0.25, 0.3) is 0 Å². The summed E-state index contributed by atoms with van der Waals surface area (Å²) in [7, 11) is 0. The number of carbonyl (C=O) groups is 2. The smallest absolute Gasteiger partial charge is 0.337 e. The summed E-state index contributed by atoms with van der Waals surface area (Å²) < 4.78 is 0. The van der Waals surface area contributed by atoms with Crippen LogP contribution in [0.4, 0.5) is 5.82 Å². The summed E-state index contributed by atoms with van der Waals surface area (Å²) in [5.41, 5.74) is 0.00123. The molecular formula is C10H10ClN3O3. The van der Waals surface area contributed by atoms with Crippen molar-refractivity contribution in [2.45, 2.75) is 0 Å². The van der Waals surface area contributed by atoms with Gasteiger partial charge in [-0.05, 0) is 6.07 Å². The molecule has 2 heterocycles. The molecule has 0 unspecified atom stereocenters. The molecule has 1 amide bonds. The molecule has 2 rings (SSSR count). The van der Waals surface area contributed by atoms with Crippen LogP contribution in [0.5, 0.6) is 0 Å². The number of hydrogen-bond donors (Lipinski definition) is 2. The summed E-state index contributed by atoms with van der Waals surface area (Å²) in [4.78, 5) is 27.7. The first-order valence-electron chi connectivity index (χ1n) is 4.99. The first kappa shape index (κ1) is 11.8. The number of amides is 1. The van der Waals surface area contributed by atoms with E-state index in [0.717, 1.165) is 0 Å². The van der Waals surface area contributed by atoms with Crippen LogP contribution in [0.3, 0.4) is 0 Å². The summed E-state index contributed by atoms with van der Waals surface area (Å²) in [6.07, 6.45) is 1.19. The van der Waals surface area contributed by atoms with E-state index < -0.39 is 5.97 Å². The van der Waals surface area contributed by atoms with Gasteiger partial charge < -0.3 is 10.4 Å². The molecule has 0 aliphatic carbocycles. The Balaban J connectivity index is 2.32. The van der Waals surface area contributed by atoms with Gasteiger partial charge in [-0.2, -0.15) is 0 Å². The van der Waals surface area contributed by atoms with E-state index in [2.05, 4.69) is 10.3 Å². The van der Waals surface area contributed by atoms with Crippen molar-refractivity contribution < 1.29 is 14.7 Å². The second kappa shape index (κ2) is 4.68. The predicted molar refractivity (Wildman–Crippen MR) is 61.4 cm³/mol. The van der Waals surface area contributed by atoms with Crippen molar-refractivity contribution in [3.63, 3.8) is 0 Å². The van der Waals surface area contributed by atoms with Gasteiger partial charge in [0.15, 0.2) is 5.82 Å². The quantitative estimate of drug-likeness (QED) is 0.798. The van der Waals surface area contributed by atoms with Gasteiger partial charge >= 0.3 is 5.97 Å². The Morgan fingerprint density at radius 3 is 2.94 bits per heavy atom. The molecule has 17 heavy (non-hydrogen) atoms. The molecule has 0 spiro atoms. The van der Waals surface area contributed by atoms with Crippen LogP contribution < -0.4 is 10.2 Å². The Kier molecular flexibility index (Phi) is 3.26. The molecule has 2 N–H and O–H groups in total. The number of aromatic carboxylic acids is 1. The third kappa shape index (κ3) is 2.37. The van der Waals surface area contributed by atoms with Crippen LogP contribution in [0.2, 0.25) is 5.02 Å². The molecule has 1 fully saturated rings. The highest BCUT2D eigenvalue weighted by Gasteiger charge is 2.23. The molecule has 1 aromatic rings. The van der Waals surface area contributed by atoms with Crippen molar-refractivity contribution in [2.75, 3.05) is 24.5 Å². The maximum Gasteiger partial charge on any atom is 0.337 e. The van der Waals surface area contributed by atoms with E-state index in [1.165, 1.54) is 17.2 Å². The number of carboxylic acid groups (broad SMARTS) is 1. The van der Waals surface area contributed by atoms with E-state index in [0.29, 0.717) is 18.9 Å². The number of piperazine rings is 1. The van der Waals surface area contributed by atoms with Gasteiger partial charge in [0.2, 0.25) is 5.91 Å². The topological polar surface area (TPSA) is 82.5 Å². The van der Waals surface area contributed by atoms with Crippen molar-refractivity contribution in [3.05, 3.63) is 22.8 Å². The summed E-state index contributed by atoms with van der Waals surface area (Å²) in [6.45, 7) is 1.36. The predicted octanol–water partition coefficient (Wildman–Crippen LogP) is 0.369. The van der Waals surface area contributed by atoms with E-state index in [1.807, 2.05) is 0 Å². The minimum atomic E-state index is -1.10. The maximum absolute atomic E-state index is 11.6. The molecule has 1 aromatic heterocycles. The van der Waals surface area contributed by atoms with Crippen LogP contribution in [0.25, 0.3) is 0 Å². The molecule has 0 saturated carbocycles. The zero-order chi connectivity index (χ0) is 12.4. The summed E-state index contributed by atoms with van der Waals surface area (Å²) in [6, 6.07) is 1.29. The summed E-state index contributed by atoms with van der Waals surface area (Å²) >= 11 is 5.93. The number of nitrogens with one attached hydrogen (secondary N) is 1. The lowest BCUT2D eigenvalue weighted by atomic mass is 10.2. The van der Waals surface area contributed by atoms with E-state index in [4.69, 9.17) is 16.7 Å². The van der Waals surface area contributed by atoms with Crippen LogP contribution in [0.1, 0.15) is 10.4 Å². The van der Waals surface area contributed by atoms with Crippen LogP contribution in [-0.4, -0.2) is 41.6 Å². The van der Waals surface area contributed by atoms with Crippen molar-refractivity contribution in [3.8, 4) is 0 Å². The molecule has 1 aliphatic heterocycles. The number of nitrogens with zero attached hydrogens (tertiary/aromatic N) is 2. The zero-order valence-corrected chi connectivity index (χ0v) is 9.57. The molecule has 1 saturated heterocycles. The fourth-order valence-corrected chi connectivity index (χ4v) is 1.84. The number of carbonyl (C=O) groups excluding carboxylic acids is 1. The summed E-state index contributed by atoms with van der Waals surface area (Å²) in [5.74, 6) is -0.922. The van der Waals surface area contributed by atoms with Gasteiger partial charge in [-0.3, -0.25) is 9.69 Å². The lowest BCUT2D eigenvalue weighted by molar-refractivity contribution is -0.118. The van der Waals surface area contributed by atoms with Gasteiger partial charge in [0, 0.05) is 19.3 Å². The van der Waals surface area contributed by atoms with Crippen molar-refractivity contribution >= 4 is 29.3 Å². The molecule has 0 radical (unpaired) electrons. The Labute approximate surface area is 102 Å². The first-order chi connectivity index (χ1) is 8.09. The Bertz CT molecular complexity index is 478. The fourth-order valence-electron chi connectivity index (χ4n) is 1.58. The van der Waals surface area contributed by atoms with E-state index >= 15 is 0 Å². The van der Waals surface area contributed by atoms with E-state index in [-0.39, 0.29) is 23.0 Å². The van der Waals surface area contributed by atoms with E-state index in [9.17, 15) is 9.59 Å². The lowest BCUT2D eigenvalue weighted by Gasteiger charge is -2.27. The molecule has 0 atom stereocenters. The normalized spacial score (nSPS) is 16.1. The SMILES string of the molecule is O=C(O)c1cnc(N2CCNCC2=O)c(Cl)c1. The highest BCUT2D eigenvalue weighted by molar-refractivity contribution is 6.33. The number of halogens is 1. The minimum absolute atomic E-state index is 0.00123. The van der Waals surface area contributed by atoms with Gasteiger partial charge in [0.1, 0.15) is 0 Å². The molecular weight excluding hydrogens is 246 g/mol. The van der Waals surface area contributed by atoms with Gasteiger partial charge in [-0.25, -0.2) is 9.78 Å². The van der Waals surface area contributed by atoms with Crippen molar-refractivity contribution in [1.82, 2.24) is 10.3 Å². The standard InChI is InChI=1S/C10H10ClN3O3/c11-7-3-6(10(16)17)4-13-9(7)14-2-1-12-5-8(14)15/h3-4,12H,1-2,5H2,(H,16,17). The fraction of sp³-hybridized carbons (Fsp3) is 0.300. The maximum atomic E-state index is 11.6. The van der Waals surface area contributed by atoms with Gasteiger partial charge in [-0.1, -0.05) is 11.6 Å². The summed E-state index contributed by atoms with van der Waals surface area (Å²) in [5, 5.41) is 11.9. The van der Waals surface area contributed by atoms with Crippen LogP contribution in [-0.2, 0) is 4.79 Å². The third-order valence-electron chi connectivity index (χ3n) is 2.41.